The van der Waals surface area contributed by atoms with E-state index in [1.165, 1.54) is 36.6 Å². The summed E-state index contributed by atoms with van der Waals surface area (Å²) in [7, 11) is -3.74. The van der Waals surface area contributed by atoms with Crippen LogP contribution in [0.15, 0.2) is 53.4 Å². The topological polar surface area (TPSA) is 78.5 Å². The molecule has 0 radical (unpaired) electrons. The quantitative estimate of drug-likeness (QED) is 0.653. The number of likely N-dealkylation sites (tertiary alicyclic amines) is 1. The molecule has 3 rings (SSSR count). The molecule has 2 aromatic carbocycles. The first kappa shape index (κ1) is 21.1. The first-order chi connectivity index (χ1) is 14.0. The number of amides is 1. The monoisotopic (exact) mass is 411 g/mol. The van der Waals surface area contributed by atoms with Crippen molar-refractivity contribution in [1.29, 1.82) is 0 Å². The van der Waals surface area contributed by atoms with Crippen LogP contribution >= 0.6 is 0 Å². The van der Waals surface area contributed by atoms with Gasteiger partial charge in [-0.15, -0.1) is 6.42 Å². The van der Waals surface area contributed by atoms with E-state index in [-0.39, 0.29) is 22.9 Å². The van der Waals surface area contributed by atoms with Gasteiger partial charge in [-0.25, -0.2) is 8.42 Å². The van der Waals surface area contributed by atoms with E-state index in [0.717, 1.165) is 25.2 Å². The molecule has 0 aliphatic carbocycles. The van der Waals surface area contributed by atoms with E-state index < -0.39 is 10.0 Å². The maximum atomic E-state index is 12.4. The van der Waals surface area contributed by atoms with Crippen molar-refractivity contribution in [2.75, 3.05) is 19.6 Å². The second-order valence-corrected chi connectivity index (χ2v) is 8.81. The zero-order chi connectivity index (χ0) is 20.7. The molecule has 0 aromatic heterocycles. The van der Waals surface area contributed by atoms with Crippen LogP contribution in [0.5, 0.6) is 0 Å². The summed E-state index contributed by atoms with van der Waals surface area (Å²) in [6.45, 7) is 3.54. The van der Waals surface area contributed by atoms with Gasteiger partial charge in [0.05, 0.1) is 11.4 Å². The van der Waals surface area contributed by atoms with E-state index in [1.54, 1.807) is 6.07 Å². The molecule has 152 valence electrons. The van der Waals surface area contributed by atoms with Crippen LogP contribution in [0.3, 0.4) is 0 Å². The number of hydrogen-bond acceptors (Lipinski definition) is 4. The summed E-state index contributed by atoms with van der Waals surface area (Å²) in [5, 5.41) is 2.83. The Hall–Kier alpha value is -2.66. The van der Waals surface area contributed by atoms with Gasteiger partial charge in [0.25, 0.3) is 5.91 Å². The first-order valence-corrected chi connectivity index (χ1v) is 11.1. The number of rotatable bonds is 8. The van der Waals surface area contributed by atoms with Gasteiger partial charge in [-0.2, -0.15) is 4.72 Å². The van der Waals surface area contributed by atoms with E-state index in [4.69, 9.17) is 6.42 Å². The lowest BCUT2D eigenvalue weighted by atomic mass is 10.1. The lowest BCUT2D eigenvalue weighted by molar-refractivity contribution is 0.0950. The maximum absolute atomic E-state index is 12.4. The fraction of sp³-hybridized carbons (Fsp3) is 0.318. The van der Waals surface area contributed by atoms with E-state index in [0.29, 0.717) is 6.54 Å². The molecule has 2 N–H and O–H groups in total. The van der Waals surface area contributed by atoms with Crippen LogP contribution in [0.1, 0.15) is 34.3 Å². The number of nitrogens with one attached hydrogen (secondary N) is 2. The zero-order valence-corrected chi connectivity index (χ0v) is 17.0. The van der Waals surface area contributed by atoms with Crippen LogP contribution < -0.4 is 10.0 Å². The van der Waals surface area contributed by atoms with Crippen LogP contribution in [-0.2, 0) is 23.1 Å². The Labute approximate surface area is 172 Å². The second-order valence-electron chi connectivity index (χ2n) is 7.04. The number of terminal acetylenes is 1. The van der Waals surface area contributed by atoms with Gasteiger partial charge in [0, 0.05) is 18.7 Å². The minimum absolute atomic E-state index is 0.00617. The van der Waals surface area contributed by atoms with Crippen molar-refractivity contribution in [1.82, 2.24) is 14.9 Å². The molecule has 0 saturated carbocycles. The molecule has 0 unspecified atom stereocenters. The van der Waals surface area contributed by atoms with Gasteiger partial charge in [0.15, 0.2) is 0 Å². The lowest BCUT2D eigenvalue weighted by Gasteiger charge is -2.14. The molecule has 1 aliphatic heterocycles. The molecule has 29 heavy (non-hydrogen) atoms. The van der Waals surface area contributed by atoms with Gasteiger partial charge in [-0.1, -0.05) is 36.3 Å². The minimum Gasteiger partial charge on any atom is -0.348 e. The Kier molecular flexibility index (Phi) is 7.04. The minimum atomic E-state index is -3.74. The molecule has 1 saturated heterocycles. The Morgan fingerprint density at radius 3 is 2.45 bits per heavy atom. The molecular formula is C22H25N3O3S. The van der Waals surface area contributed by atoms with Crippen molar-refractivity contribution < 1.29 is 13.2 Å². The van der Waals surface area contributed by atoms with Gasteiger partial charge in [-0.05, 0) is 55.3 Å². The van der Waals surface area contributed by atoms with Gasteiger partial charge >= 0.3 is 0 Å². The summed E-state index contributed by atoms with van der Waals surface area (Å²) < 4.78 is 26.6. The fourth-order valence-corrected chi connectivity index (χ4v) is 4.25. The Bertz CT molecular complexity index is 989. The van der Waals surface area contributed by atoms with Crippen molar-refractivity contribution in [2.24, 2.45) is 0 Å². The molecule has 0 bridgehead atoms. The third-order valence-electron chi connectivity index (χ3n) is 4.85. The average molecular weight is 412 g/mol. The first-order valence-electron chi connectivity index (χ1n) is 9.59. The molecule has 1 aliphatic rings. The third-order valence-corrected chi connectivity index (χ3v) is 6.25. The maximum Gasteiger partial charge on any atom is 0.251 e. The van der Waals surface area contributed by atoms with Crippen molar-refractivity contribution >= 4 is 15.9 Å². The average Bonchev–Trinajstić information content (AvgIpc) is 3.25. The molecule has 1 fully saturated rings. The van der Waals surface area contributed by atoms with E-state index >= 15 is 0 Å². The van der Waals surface area contributed by atoms with Gasteiger partial charge in [-0.3, -0.25) is 9.69 Å². The SMILES string of the molecule is C#CCNS(=O)(=O)c1cccc(C(=O)NCc2ccc(CN3CCCC3)cc2)c1. The fourth-order valence-electron chi connectivity index (χ4n) is 3.27. The normalized spacial score (nSPS) is 14.4. The standard InChI is InChI=1S/C22H25N3O3S/c1-2-12-24-29(27,28)21-7-5-6-20(15-21)22(26)23-16-18-8-10-19(11-9-18)17-25-13-3-4-14-25/h1,5-11,15,24H,3-4,12-14,16-17H2,(H,23,26). The highest BCUT2D eigenvalue weighted by Crippen LogP contribution is 2.14. The van der Waals surface area contributed by atoms with Crippen molar-refractivity contribution in [3.05, 3.63) is 65.2 Å². The van der Waals surface area contributed by atoms with Crippen LogP contribution in [0.25, 0.3) is 0 Å². The Balaban J connectivity index is 1.58. The van der Waals surface area contributed by atoms with Crippen molar-refractivity contribution in [3.8, 4) is 12.3 Å². The predicted molar refractivity (Wildman–Crippen MR) is 113 cm³/mol. The highest BCUT2D eigenvalue weighted by atomic mass is 32.2. The van der Waals surface area contributed by atoms with E-state index in [2.05, 4.69) is 33.0 Å². The second kappa shape index (κ2) is 9.70. The molecular weight excluding hydrogens is 386 g/mol. The van der Waals surface area contributed by atoms with Crippen molar-refractivity contribution in [3.63, 3.8) is 0 Å². The lowest BCUT2D eigenvalue weighted by Crippen LogP contribution is -2.26. The molecule has 7 heteroatoms. The van der Waals surface area contributed by atoms with E-state index in [1.807, 2.05) is 12.1 Å². The highest BCUT2D eigenvalue weighted by molar-refractivity contribution is 7.89. The third kappa shape index (κ3) is 5.91. The number of nitrogens with zero attached hydrogens (tertiary/aromatic N) is 1. The van der Waals surface area contributed by atoms with Gasteiger partial charge in [0.2, 0.25) is 10.0 Å². The van der Waals surface area contributed by atoms with Crippen molar-refractivity contribution in [2.45, 2.75) is 30.8 Å². The molecule has 2 aromatic rings. The summed E-state index contributed by atoms with van der Waals surface area (Å²) in [6, 6.07) is 14.1. The van der Waals surface area contributed by atoms with Gasteiger partial charge < -0.3 is 5.32 Å². The summed E-state index contributed by atoms with van der Waals surface area (Å²) >= 11 is 0. The molecule has 1 amide bonds. The predicted octanol–water partition coefficient (Wildman–Crippen LogP) is 2.12. The molecule has 0 spiro atoms. The highest BCUT2D eigenvalue weighted by Gasteiger charge is 2.15. The van der Waals surface area contributed by atoms with Crippen LogP contribution in [-0.4, -0.2) is 38.9 Å². The number of benzene rings is 2. The van der Waals surface area contributed by atoms with Gasteiger partial charge in [0.1, 0.15) is 0 Å². The summed E-state index contributed by atoms with van der Waals surface area (Å²) in [5.41, 5.74) is 2.53. The largest absolute Gasteiger partial charge is 0.348 e. The summed E-state index contributed by atoms with van der Waals surface area (Å²) in [4.78, 5) is 14.9. The molecule has 1 heterocycles. The number of carbonyl (C=O) groups excluding carboxylic acids is 1. The summed E-state index contributed by atoms with van der Waals surface area (Å²) in [5.74, 6) is 1.89. The Morgan fingerprint density at radius 1 is 1.07 bits per heavy atom. The zero-order valence-electron chi connectivity index (χ0n) is 16.2. The van der Waals surface area contributed by atoms with Crippen LogP contribution in [0, 0.1) is 12.3 Å². The van der Waals surface area contributed by atoms with Crippen LogP contribution in [0.4, 0.5) is 0 Å². The van der Waals surface area contributed by atoms with E-state index in [9.17, 15) is 13.2 Å². The smallest absolute Gasteiger partial charge is 0.251 e. The molecule has 6 nitrogen and oxygen atoms in total. The summed E-state index contributed by atoms with van der Waals surface area (Å²) in [6.07, 6.45) is 7.63. The number of sulfonamides is 1. The number of hydrogen-bond donors (Lipinski definition) is 2. The van der Waals surface area contributed by atoms with Crippen LogP contribution in [0.2, 0.25) is 0 Å². The molecule has 0 atom stereocenters. The number of carbonyl (C=O) groups is 1. The Morgan fingerprint density at radius 2 is 1.76 bits per heavy atom.